The van der Waals surface area contributed by atoms with Crippen molar-refractivity contribution in [2.75, 3.05) is 12.4 Å². The third-order valence-electron chi connectivity index (χ3n) is 3.09. The molecule has 2 aromatic rings. The Balaban J connectivity index is 1.91. The molecule has 128 valence electrons. The van der Waals surface area contributed by atoms with Crippen molar-refractivity contribution in [1.82, 2.24) is 5.43 Å². The summed E-state index contributed by atoms with van der Waals surface area (Å²) in [6, 6.07) is 13.8. The zero-order valence-corrected chi connectivity index (χ0v) is 14.2. The van der Waals surface area contributed by atoms with Crippen LogP contribution in [0.4, 0.5) is 11.4 Å². The third-order valence-corrected chi connectivity index (χ3v) is 3.28. The fourth-order valence-corrected chi connectivity index (χ4v) is 2.14. The van der Waals surface area contributed by atoms with Gasteiger partial charge in [-0.2, -0.15) is 5.10 Å². The van der Waals surface area contributed by atoms with E-state index in [0.29, 0.717) is 22.1 Å². The van der Waals surface area contributed by atoms with Gasteiger partial charge < -0.3 is 10.1 Å². The molecular weight excluding hydrogens is 340 g/mol. The molecule has 0 aromatic heterocycles. The minimum atomic E-state index is -0.429. The van der Waals surface area contributed by atoms with Crippen molar-refractivity contribution < 1.29 is 9.66 Å². The highest BCUT2D eigenvalue weighted by Crippen LogP contribution is 2.22. The summed E-state index contributed by atoms with van der Waals surface area (Å²) in [5.41, 5.74) is 3.90. The molecule has 7 nitrogen and oxygen atoms in total. The highest BCUT2D eigenvalue weighted by atomic mass is 32.1. The molecule has 0 saturated heterocycles. The second-order valence-electron chi connectivity index (χ2n) is 4.72. The lowest BCUT2D eigenvalue weighted by Crippen LogP contribution is -2.23. The number of thiocarbonyl (C=S) groups is 1. The minimum Gasteiger partial charge on any atom is -0.495 e. The largest absolute Gasteiger partial charge is 0.495 e. The first kappa shape index (κ1) is 18.1. The summed E-state index contributed by atoms with van der Waals surface area (Å²) in [5, 5.41) is 18.1. The van der Waals surface area contributed by atoms with E-state index in [1.165, 1.54) is 12.3 Å². The summed E-state index contributed by atoms with van der Waals surface area (Å²) in [5.74, 6) is 0.659. The van der Waals surface area contributed by atoms with E-state index in [9.17, 15) is 10.1 Å². The van der Waals surface area contributed by atoms with Gasteiger partial charge in [-0.15, -0.1) is 0 Å². The minimum absolute atomic E-state index is 0.0356. The maximum Gasteiger partial charge on any atom is 0.276 e. The summed E-state index contributed by atoms with van der Waals surface area (Å²) in [6.45, 7) is 0. The lowest BCUT2D eigenvalue weighted by molar-refractivity contribution is -0.385. The maximum absolute atomic E-state index is 10.9. The van der Waals surface area contributed by atoms with Gasteiger partial charge in [-0.05, 0) is 42.6 Å². The van der Waals surface area contributed by atoms with Crippen molar-refractivity contribution in [3.05, 3.63) is 70.3 Å². The van der Waals surface area contributed by atoms with Crippen LogP contribution in [-0.4, -0.2) is 23.4 Å². The van der Waals surface area contributed by atoms with Crippen molar-refractivity contribution in [1.29, 1.82) is 0 Å². The second-order valence-corrected chi connectivity index (χ2v) is 5.13. The molecule has 0 spiro atoms. The van der Waals surface area contributed by atoms with Crippen LogP contribution in [0, 0.1) is 10.1 Å². The van der Waals surface area contributed by atoms with Gasteiger partial charge in [0.25, 0.3) is 5.69 Å². The Labute approximate surface area is 150 Å². The highest BCUT2D eigenvalue weighted by Gasteiger charge is 2.08. The molecule has 0 aliphatic heterocycles. The summed E-state index contributed by atoms with van der Waals surface area (Å²) in [7, 11) is 1.57. The van der Waals surface area contributed by atoms with Gasteiger partial charge >= 0.3 is 0 Å². The number of allylic oxidation sites excluding steroid dienone is 1. The van der Waals surface area contributed by atoms with Crippen molar-refractivity contribution >= 4 is 41.0 Å². The van der Waals surface area contributed by atoms with Crippen LogP contribution in [0.1, 0.15) is 5.56 Å². The van der Waals surface area contributed by atoms with E-state index in [1.807, 2.05) is 24.3 Å². The highest BCUT2D eigenvalue weighted by molar-refractivity contribution is 7.80. The van der Waals surface area contributed by atoms with E-state index < -0.39 is 4.92 Å². The lowest BCUT2D eigenvalue weighted by Gasteiger charge is -2.10. The molecule has 25 heavy (non-hydrogen) atoms. The molecule has 0 bridgehead atoms. The van der Waals surface area contributed by atoms with Gasteiger partial charge in [0, 0.05) is 12.3 Å². The Bertz CT molecular complexity index is 821. The van der Waals surface area contributed by atoms with Gasteiger partial charge in [0.2, 0.25) is 0 Å². The maximum atomic E-state index is 10.9. The number of nitrogens with one attached hydrogen (secondary N) is 2. The predicted molar refractivity (Wildman–Crippen MR) is 103 cm³/mol. The van der Waals surface area contributed by atoms with Crippen molar-refractivity contribution in [2.45, 2.75) is 0 Å². The number of nitro groups is 1. The standard InChI is InChI=1S/C17H16N4O3S/c1-24-16-11-5-3-9-14(16)19-17(25)20-18-12-6-8-13-7-2-4-10-15(13)21(22)23/h2-12H,1H3,(H2,19,20,25). The van der Waals surface area contributed by atoms with Gasteiger partial charge in [0.15, 0.2) is 5.11 Å². The average Bonchev–Trinajstić information content (AvgIpc) is 2.62. The van der Waals surface area contributed by atoms with E-state index in [2.05, 4.69) is 15.8 Å². The topological polar surface area (TPSA) is 88.8 Å². The van der Waals surface area contributed by atoms with Gasteiger partial charge in [0.05, 0.1) is 23.3 Å². The number of methoxy groups -OCH3 is 1. The quantitative estimate of drug-likeness (QED) is 0.356. The van der Waals surface area contributed by atoms with Gasteiger partial charge in [-0.1, -0.05) is 24.3 Å². The van der Waals surface area contributed by atoms with Crippen LogP contribution in [0.3, 0.4) is 0 Å². The molecule has 0 aliphatic rings. The lowest BCUT2D eigenvalue weighted by atomic mass is 10.2. The fraction of sp³-hybridized carbons (Fsp3) is 0.0588. The zero-order chi connectivity index (χ0) is 18.1. The molecule has 0 amide bonds. The number of nitro benzene ring substituents is 1. The molecule has 0 atom stereocenters. The van der Waals surface area contributed by atoms with Crippen LogP contribution in [0.2, 0.25) is 0 Å². The first-order chi connectivity index (χ1) is 12.1. The Hall–Kier alpha value is -3.26. The normalized spacial score (nSPS) is 10.8. The Kier molecular flexibility index (Phi) is 6.61. The summed E-state index contributed by atoms with van der Waals surface area (Å²) >= 11 is 5.14. The molecule has 0 heterocycles. The van der Waals surface area contributed by atoms with E-state index in [1.54, 1.807) is 37.5 Å². The molecule has 0 saturated carbocycles. The number of hydrogen-bond acceptors (Lipinski definition) is 5. The van der Waals surface area contributed by atoms with E-state index in [0.717, 1.165) is 0 Å². The van der Waals surface area contributed by atoms with Crippen molar-refractivity contribution in [2.24, 2.45) is 5.10 Å². The SMILES string of the molecule is COc1ccccc1NC(=S)NN=CC=Cc1ccccc1[N+](=O)[O-]. The van der Waals surface area contributed by atoms with Gasteiger partial charge in [0.1, 0.15) is 5.75 Å². The molecule has 0 unspecified atom stereocenters. The Morgan fingerprint density at radius 2 is 1.96 bits per heavy atom. The van der Waals surface area contributed by atoms with E-state index >= 15 is 0 Å². The monoisotopic (exact) mass is 356 g/mol. The van der Waals surface area contributed by atoms with Crippen LogP contribution in [0.15, 0.2) is 59.7 Å². The van der Waals surface area contributed by atoms with Gasteiger partial charge in [-0.25, -0.2) is 0 Å². The van der Waals surface area contributed by atoms with E-state index in [-0.39, 0.29) is 5.69 Å². The smallest absolute Gasteiger partial charge is 0.276 e. The molecule has 0 aliphatic carbocycles. The number of rotatable bonds is 6. The molecule has 2 aromatic carbocycles. The van der Waals surface area contributed by atoms with Crippen LogP contribution in [0.5, 0.6) is 5.75 Å². The molecular formula is C17H16N4O3S. The Morgan fingerprint density at radius 1 is 1.24 bits per heavy atom. The summed E-state index contributed by atoms with van der Waals surface area (Å²) in [6.07, 6.45) is 4.63. The molecule has 2 rings (SSSR count). The fourth-order valence-electron chi connectivity index (χ4n) is 1.98. The predicted octanol–water partition coefficient (Wildman–Crippen LogP) is 3.59. The number of para-hydroxylation sites is 3. The number of nitrogens with zero attached hydrogens (tertiary/aromatic N) is 2. The molecule has 0 fully saturated rings. The van der Waals surface area contributed by atoms with Crippen LogP contribution in [0.25, 0.3) is 6.08 Å². The molecule has 0 radical (unpaired) electrons. The zero-order valence-electron chi connectivity index (χ0n) is 13.4. The first-order valence-electron chi connectivity index (χ1n) is 7.25. The summed E-state index contributed by atoms with van der Waals surface area (Å²) < 4.78 is 5.21. The number of anilines is 1. The van der Waals surface area contributed by atoms with Crippen LogP contribution < -0.4 is 15.5 Å². The number of benzene rings is 2. The third kappa shape index (κ3) is 5.40. The number of hydrogen-bond donors (Lipinski definition) is 2. The number of ether oxygens (including phenoxy) is 1. The van der Waals surface area contributed by atoms with Crippen LogP contribution >= 0.6 is 12.2 Å². The first-order valence-corrected chi connectivity index (χ1v) is 7.66. The van der Waals surface area contributed by atoms with Crippen LogP contribution in [-0.2, 0) is 0 Å². The van der Waals surface area contributed by atoms with Crippen molar-refractivity contribution in [3.63, 3.8) is 0 Å². The molecule has 8 heteroatoms. The van der Waals surface area contributed by atoms with Crippen molar-refractivity contribution in [3.8, 4) is 5.75 Å². The molecule has 2 N–H and O–H groups in total. The number of hydrazone groups is 1. The Morgan fingerprint density at radius 3 is 2.72 bits per heavy atom. The second kappa shape index (κ2) is 9.14. The van der Waals surface area contributed by atoms with E-state index in [4.69, 9.17) is 17.0 Å². The summed E-state index contributed by atoms with van der Waals surface area (Å²) in [4.78, 5) is 10.5. The average molecular weight is 356 g/mol. The van der Waals surface area contributed by atoms with Gasteiger partial charge in [-0.3, -0.25) is 15.5 Å².